The van der Waals surface area contributed by atoms with Gasteiger partial charge in [-0.3, -0.25) is 4.79 Å². The van der Waals surface area contributed by atoms with Crippen molar-refractivity contribution in [3.05, 3.63) is 71.3 Å². The van der Waals surface area contributed by atoms with Crippen LogP contribution in [0, 0.1) is 0 Å². The Bertz CT molecular complexity index is 682. The smallest absolute Gasteiger partial charge is 0.251 e. The monoisotopic (exact) mass is 353 g/mol. The number of aryl methyl sites for hydroxylation is 2. The minimum Gasteiger partial charge on any atom is -0.370 e. The molecule has 1 amide bonds. The molecule has 0 radical (unpaired) electrons. The zero-order chi connectivity index (χ0) is 18.0. The first kappa shape index (κ1) is 18.6. The summed E-state index contributed by atoms with van der Waals surface area (Å²) < 4.78 is 5.38. The number of quaternary nitrogens is 1. The Kier molecular flexibility index (Phi) is 7.23. The summed E-state index contributed by atoms with van der Waals surface area (Å²) in [6.07, 6.45) is 2.84. The van der Waals surface area contributed by atoms with Gasteiger partial charge < -0.3 is 15.0 Å². The number of hydrogen-bond acceptors (Lipinski definition) is 2. The second-order valence-electron chi connectivity index (χ2n) is 6.86. The van der Waals surface area contributed by atoms with E-state index in [9.17, 15) is 4.79 Å². The van der Waals surface area contributed by atoms with E-state index >= 15 is 0 Å². The Morgan fingerprint density at radius 2 is 1.69 bits per heavy atom. The maximum absolute atomic E-state index is 12.6. The molecule has 1 aliphatic heterocycles. The maximum Gasteiger partial charge on any atom is 0.251 e. The van der Waals surface area contributed by atoms with E-state index < -0.39 is 0 Å². The third-order valence-corrected chi connectivity index (χ3v) is 4.98. The molecule has 1 fully saturated rings. The molecule has 3 rings (SSSR count). The van der Waals surface area contributed by atoms with Gasteiger partial charge in [0.05, 0.1) is 19.8 Å². The van der Waals surface area contributed by atoms with Crippen molar-refractivity contribution in [2.45, 2.75) is 19.3 Å². The molecule has 0 spiro atoms. The molecule has 2 aromatic carbocycles. The van der Waals surface area contributed by atoms with Gasteiger partial charge in [0.2, 0.25) is 0 Å². The van der Waals surface area contributed by atoms with Crippen molar-refractivity contribution < 1.29 is 14.4 Å². The SMILES string of the molecule is O=C(NCCC[NH+]1CCOCC1)c1ccccc1CCc1ccccc1. The Morgan fingerprint density at radius 1 is 0.962 bits per heavy atom. The number of benzene rings is 2. The van der Waals surface area contributed by atoms with Crippen LogP contribution in [0.2, 0.25) is 0 Å². The van der Waals surface area contributed by atoms with Gasteiger partial charge in [-0.05, 0) is 30.0 Å². The van der Waals surface area contributed by atoms with Crippen molar-refractivity contribution in [1.82, 2.24) is 5.32 Å². The summed E-state index contributed by atoms with van der Waals surface area (Å²) in [4.78, 5) is 14.2. The van der Waals surface area contributed by atoms with Crippen LogP contribution in [0.5, 0.6) is 0 Å². The van der Waals surface area contributed by atoms with Crippen molar-refractivity contribution in [2.75, 3.05) is 39.4 Å². The van der Waals surface area contributed by atoms with Gasteiger partial charge in [0.25, 0.3) is 5.91 Å². The van der Waals surface area contributed by atoms with E-state index in [1.54, 1.807) is 4.90 Å². The summed E-state index contributed by atoms with van der Waals surface area (Å²) in [5, 5.41) is 3.09. The van der Waals surface area contributed by atoms with Gasteiger partial charge in [-0.2, -0.15) is 0 Å². The third kappa shape index (κ3) is 5.68. The third-order valence-electron chi connectivity index (χ3n) is 4.98. The highest BCUT2D eigenvalue weighted by Crippen LogP contribution is 2.12. The summed E-state index contributed by atoms with van der Waals surface area (Å²) in [5.74, 6) is 0.0469. The van der Waals surface area contributed by atoms with E-state index in [2.05, 4.69) is 35.6 Å². The first-order chi connectivity index (χ1) is 12.8. The van der Waals surface area contributed by atoms with E-state index in [-0.39, 0.29) is 5.91 Å². The first-order valence-electron chi connectivity index (χ1n) is 9.64. The molecule has 0 aromatic heterocycles. The summed E-state index contributed by atoms with van der Waals surface area (Å²) in [7, 11) is 0. The van der Waals surface area contributed by atoms with Crippen molar-refractivity contribution >= 4 is 5.91 Å². The van der Waals surface area contributed by atoms with Crippen LogP contribution in [-0.2, 0) is 17.6 Å². The lowest BCUT2D eigenvalue weighted by atomic mass is 9.99. The van der Waals surface area contributed by atoms with E-state index in [1.807, 2.05) is 24.3 Å². The summed E-state index contributed by atoms with van der Waals surface area (Å²) in [6.45, 7) is 5.70. The van der Waals surface area contributed by atoms with Crippen molar-refractivity contribution in [3.63, 3.8) is 0 Å². The number of amides is 1. The Hall–Kier alpha value is -2.17. The summed E-state index contributed by atoms with van der Waals surface area (Å²) in [5.41, 5.74) is 3.23. The Labute approximate surface area is 156 Å². The first-order valence-corrected chi connectivity index (χ1v) is 9.64. The largest absolute Gasteiger partial charge is 0.370 e. The van der Waals surface area contributed by atoms with Gasteiger partial charge in [-0.25, -0.2) is 0 Å². The molecule has 1 saturated heterocycles. The fourth-order valence-corrected chi connectivity index (χ4v) is 3.43. The van der Waals surface area contributed by atoms with Crippen LogP contribution in [0.4, 0.5) is 0 Å². The highest BCUT2D eigenvalue weighted by atomic mass is 16.5. The van der Waals surface area contributed by atoms with E-state index in [4.69, 9.17) is 4.74 Å². The maximum atomic E-state index is 12.6. The van der Waals surface area contributed by atoms with Crippen LogP contribution in [0.1, 0.15) is 27.9 Å². The van der Waals surface area contributed by atoms with Gasteiger partial charge in [0.15, 0.2) is 0 Å². The number of carbonyl (C=O) groups is 1. The molecule has 0 atom stereocenters. The van der Waals surface area contributed by atoms with Crippen LogP contribution in [-0.4, -0.2) is 45.3 Å². The predicted octanol–water partition coefficient (Wildman–Crippen LogP) is 1.51. The van der Waals surface area contributed by atoms with Gasteiger partial charge in [-0.1, -0.05) is 48.5 Å². The summed E-state index contributed by atoms with van der Waals surface area (Å²) >= 11 is 0. The van der Waals surface area contributed by atoms with Crippen molar-refractivity contribution in [1.29, 1.82) is 0 Å². The second kappa shape index (κ2) is 10.1. The Balaban J connectivity index is 1.47. The highest BCUT2D eigenvalue weighted by molar-refractivity contribution is 5.95. The average Bonchev–Trinajstić information content (AvgIpc) is 2.71. The van der Waals surface area contributed by atoms with Gasteiger partial charge in [-0.15, -0.1) is 0 Å². The van der Waals surface area contributed by atoms with Crippen LogP contribution in [0.3, 0.4) is 0 Å². The number of rotatable bonds is 8. The predicted molar refractivity (Wildman–Crippen MR) is 104 cm³/mol. The normalized spacial score (nSPS) is 14.9. The van der Waals surface area contributed by atoms with Gasteiger partial charge in [0.1, 0.15) is 13.1 Å². The minimum atomic E-state index is 0.0469. The molecular formula is C22H29N2O2+. The highest BCUT2D eigenvalue weighted by Gasteiger charge is 2.14. The summed E-state index contributed by atoms with van der Waals surface area (Å²) in [6, 6.07) is 18.4. The lowest BCUT2D eigenvalue weighted by Crippen LogP contribution is -3.14. The molecule has 4 heteroatoms. The number of carbonyl (C=O) groups excluding carboxylic acids is 1. The number of ether oxygens (including phenoxy) is 1. The topological polar surface area (TPSA) is 42.8 Å². The molecule has 0 bridgehead atoms. The second-order valence-corrected chi connectivity index (χ2v) is 6.86. The number of nitrogens with one attached hydrogen (secondary N) is 2. The fourth-order valence-electron chi connectivity index (χ4n) is 3.43. The van der Waals surface area contributed by atoms with E-state index in [1.165, 1.54) is 5.56 Å². The lowest BCUT2D eigenvalue weighted by Gasteiger charge is -2.23. The van der Waals surface area contributed by atoms with Crippen molar-refractivity contribution in [3.8, 4) is 0 Å². The molecule has 0 aliphatic carbocycles. The molecule has 1 heterocycles. The quantitative estimate of drug-likeness (QED) is 0.707. The zero-order valence-electron chi connectivity index (χ0n) is 15.4. The Morgan fingerprint density at radius 3 is 2.50 bits per heavy atom. The molecule has 26 heavy (non-hydrogen) atoms. The lowest BCUT2D eigenvalue weighted by molar-refractivity contribution is -0.908. The fraction of sp³-hybridized carbons (Fsp3) is 0.409. The number of morpholine rings is 1. The minimum absolute atomic E-state index is 0.0469. The molecule has 4 nitrogen and oxygen atoms in total. The van der Waals surface area contributed by atoms with E-state index in [0.29, 0.717) is 0 Å². The molecule has 2 N–H and O–H groups in total. The number of hydrogen-bond donors (Lipinski definition) is 2. The molecule has 1 aliphatic rings. The molecule has 0 saturated carbocycles. The van der Waals surface area contributed by atoms with Crippen LogP contribution in [0.25, 0.3) is 0 Å². The molecule has 2 aromatic rings. The van der Waals surface area contributed by atoms with Crippen LogP contribution >= 0.6 is 0 Å². The zero-order valence-corrected chi connectivity index (χ0v) is 15.4. The van der Waals surface area contributed by atoms with Gasteiger partial charge in [0, 0.05) is 18.5 Å². The van der Waals surface area contributed by atoms with E-state index in [0.717, 1.165) is 69.8 Å². The van der Waals surface area contributed by atoms with Crippen LogP contribution in [0.15, 0.2) is 54.6 Å². The molecule has 0 unspecified atom stereocenters. The standard InChI is InChI=1S/C22H28N2O2/c25-22(23-13-6-14-24-15-17-26-18-16-24)21-10-5-4-9-20(21)12-11-19-7-2-1-3-8-19/h1-5,7-10H,6,11-18H2,(H,23,25)/p+1. The average molecular weight is 353 g/mol. The van der Waals surface area contributed by atoms with Crippen LogP contribution < -0.4 is 10.2 Å². The molecule has 138 valence electrons. The molecular weight excluding hydrogens is 324 g/mol. The van der Waals surface area contributed by atoms with Gasteiger partial charge >= 0.3 is 0 Å². The van der Waals surface area contributed by atoms with Crippen molar-refractivity contribution in [2.24, 2.45) is 0 Å².